The van der Waals surface area contributed by atoms with Crippen molar-refractivity contribution in [3.8, 4) is 33.9 Å². The first-order valence-electron chi connectivity index (χ1n) is 10.8. The van der Waals surface area contributed by atoms with Gasteiger partial charge in [-0.15, -0.1) is 0 Å². The Morgan fingerprint density at radius 1 is 0.394 bits per heavy atom. The zero-order chi connectivity index (χ0) is 22.2. The van der Waals surface area contributed by atoms with Crippen LogP contribution in [0.5, 0.6) is 0 Å². The standard InChI is InChI=1S/C29H18ClN3/c30-29-32-27(25-18-8-12-20-10-2-4-14-22(20)25)31-28(33-29)26-16-6-5-15-24(26)23-17-7-11-19-9-1-3-13-21(19)23/h1-18H. The number of nitrogens with zero attached hydrogens (tertiary/aromatic N) is 3. The first kappa shape index (κ1) is 19.6. The van der Waals surface area contributed by atoms with Gasteiger partial charge in [0.15, 0.2) is 11.6 Å². The average Bonchev–Trinajstić information content (AvgIpc) is 2.87. The van der Waals surface area contributed by atoms with Gasteiger partial charge in [-0.1, -0.05) is 109 Å². The summed E-state index contributed by atoms with van der Waals surface area (Å²) in [5.41, 5.74) is 4.04. The van der Waals surface area contributed by atoms with Crippen LogP contribution in [0.2, 0.25) is 5.28 Å². The van der Waals surface area contributed by atoms with Crippen LogP contribution >= 0.6 is 11.6 Å². The van der Waals surface area contributed by atoms with Gasteiger partial charge in [-0.25, -0.2) is 4.98 Å². The minimum atomic E-state index is 0.177. The van der Waals surface area contributed by atoms with Crippen LogP contribution in [0.25, 0.3) is 55.4 Å². The molecule has 0 spiro atoms. The van der Waals surface area contributed by atoms with E-state index >= 15 is 0 Å². The fourth-order valence-corrected chi connectivity index (χ4v) is 4.54. The molecule has 5 aromatic carbocycles. The molecule has 6 rings (SSSR count). The number of aromatic nitrogens is 3. The summed E-state index contributed by atoms with van der Waals surface area (Å²) in [5, 5.41) is 4.76. The van der Waals surface area contributed by atoms with Crippen LogP contribution in [0.4, 0.5) is 0 Å². The number of hydrogen-bond donors (Lipinski definition) is 0. The molecule has 0 saturated carbocycles. The number of fused-ring (bicyclic) bond motifs is 2. The van der Waals surface area contributed by atoms with Crippen LogP contribution in [-0.2, 0) is 0 Å². The van der Waals surface area contributed by atoms with E-state index < -0.39 is 0 Å². The van der Waals surface area contributed by atoms with Crippen molar-refractivity contribution in [1.82, 2.24) is 15.0 Å². The molecule has 0 aliphatic rings. The Kier molecular flexibility index (Phi) is 4.82. The van der Waals surface area contributed by atoms with Crippen LogP contribution in [0.3, 0.4) is 0 Å². The van der Waals surface area contributed by atoms with E-state index in [1.165, 1.54) is 10.8 Å². The molecule has 0 fully saturated rings. The topological polar surface area (TPSA) is 38.7 Å². The normalized spacial score (nSPS) is 11.2. The zero-order valence-corrected chi connectivity index (χ0v) is 18.4. The molecule has 6 aromatic rings. The van der Waals surface area contributed by atoms with Crippen LogP contribution in [-0.4, -0.2) is 15.0 Å². The van der Waals surface area contributed by atoms with Gasteiger partial charge in [0, 0.05) is 11.1 Å². The molecular formula is C29H18ClN3. The molecule has 1 aromatic heterocycles. The van der Waals surface area contributed by atoms with Crippen molar-refractivity contribution in [3.05, 3.63) is 114 Å². The third-order valence-electron chi connectivity index (χ3n) is 5.89. The zero-order valence-electron chi connectivity index (χ0n) is 17.6. The fourth-order valence-electron chi connectivity index (χ4n) is 4.38. The minimum absolute atomic E-state index is 0.177. The quantitative estimate of drug-likeness (QED) is 0.279. The van der Waals surface area contributed by atoms with Crippen molar-refractivity contribution in [1.29, 1.82) is 0 Å². The molecule has 0 saturated heterocycles. The second-order valence-corrected chi connectivity index (χ2v) is 8.19. The second kappa shape index (κ2) is 8.12. The van der Waals surface area contributed by atoms with Gasteiger partial charge in [-0.3, -0.25) is 0 Å². The molecule has 0 unspecified atom stereocenters. The third kappa shape index (κ3) is 3.53. The summed E-state index contributed by atoms with van der Waals surface area (Å²) < 4.78 is 0. The number of halogens is 1. The lowest BCUT2D eigenvalue weighted by atomic mass is 9.94. The minimum Gasteiger partial charge on any atom is -0.208 e. The van der Waals surface area contributed by atoms with E-state index in [1.807, 2.05) is 42.5 Å². The van der Waals surface area contributed by atoms with Crippen molar-refractivity contribution < 1.29 is 0 Å². The predicted molar refractivity (Wildman–Crippen MR) is 136 cm³/mol. The van der Waals surface area contributed by atoms with Crippen molar-refractivity contribution in [3.63, 3.8) is 0 Å². The van der Waals surface area contributed by atoms with Crippen molar-refractivity contribution in [2.75, 3.05) is 0 Å². The van der Waals surface area contributed by atoms with Gasteiger partial charge in [-0.2, -0.15) is 9.97 Å². The lowest BCUT2D eigenvalue weighted by Crippen LogP contribution is -1.99. The molecule has 0 aliphatic carbocycles. The summed E-state index contributed by atoms with van der Waals surface area (Å²) in [6, 6.07) is 37.2. The highest BCUT2D eigenvalue weighted by Crippen LogP contribution is 2.36. The van der Waals surface area contributed by atoms with Crippen LogP contribution in [0.1, 0.15) is 0 Å². The van der Waals surface area contributed by atoms with E-state index in [9.17, 15) is 0 Å². The molecule has 0 aliphatic heterocycles. The van der Waals surface area contributed by atoms with Gasteiger partial charge in [0.1, 0.15) is 0 Å². The van der Waals surface area contributed by atoms with Gasteiger partial charge in [0.25, 0.3) is 0 Å². The highest BCUT2D eigenvalue weighted by molar-refractivity contribution is 6.28. The maximum atomic E-state index is 6.43. The van der Waals surface area contributed by atoms with E-state index in [2.05, 4.69) is 76.7 Å². The summed E-state index contributed by atoms with van der Waals surface area (Å²) >= 11 is 6.43. The molecule has 0 radical (unpaired) electrons. The van der Waals surface area contributed by atoms with Crippen molar-refractivity contribution in [2.45, 2.75) is 0 Å². The summed E-state index contributed by atoms with van der Waals surface area (Å²) in [6.07, 6.45) is 0. The summed E-state index contributed by atoms with van der Waals surface area (Å²) in [6.45, 7) is 0. The van der Waals surface area contributed by atoms with E-state index in [1.54, 1.807) is 0 Å². The highest BCUT2D eigenvalue weighted by Gasteiger charge is 2.16. The van der Waals surface area contributed by atoms with Gasteiger partial charge in [0.05, 0.1) is 0 Å². The Morgan fingerprint density at radius 2 is 0.848 bits per heavy atom. The van der Waals surface area contributed by atoms with Gasteiger partial charge >= 0.3 is 0 Å². The maximum Gasteiger partial charge on any atom is 0.226 e. The molecular weight excluding hydrogens is 426 g/mol. The third-order valence-corrected chi connectivity index (χ3v) is 6.06. The maximum absolute atomic E-state index is 6.43. The number of rotatable bonds is 3. The Labute approximate surface area is 196 Å². The molecule has 156 valence electrons. The molecule has 33 heavy (non-hydrogen) atoms. The summed E-state index contributed by atoms with van der Waals surface area (Å²) in [4.78, 5) is 13.9. The summed E-state index contributed by atoms with van der Waals surface area (Å²) in [5.74, 6) is 1.12. The van der Waals surface area contributed by atoms with E-state index in [-0.39, 0.29) is 5.28 Å². The molecule has 0 N–H and O–H groups in total. The lowest BCUT2D eigenvalue weighted by Gasteiger charge is -2.13. The van der Waals surface area contributed by atoms with Gasteiger partial charge < -0.3 is 0 Å². The molecule has 0 amide bonds. The first-order valence-corrected chi connectivity index (χ1v) is 11.1. The largest absolute Gasteiger partial charge is 0.226 e. The SMILES string of the molecule is Clc1nc(-c2ccccc2-c2cccc3ccccc23)nc(-c2cccc3ccccc23)n1. The Morgan fingerprint density at radius 3 is 1.55 bits per heavy atom. The smallest absolute Gasteiger partial charge is 0.208 e. The van der Waals surface area contributed by atoms with E-state index in [4.69, 9.17) is 16.6 Å². The van der Waals surface area contributed by atoms with Crippen LogP contribution in [0, 0.1) is 0 Å². The average molecular weight is 444 g/mol. The van der Waals surface area contributed by atoms with Crippen molar-refractivity contribution in [2.24, 2.45) is 0 Å². The Hall–Kier alpha value is -4.08. The number of hydrogen-bond acceptors (Lipinski definition) is 3. The molecule has 0 bridgehead atoms. The van der Waals surface area contributed by atoms with Crippen molar-refractivity contribution >= 4 is 33.1 Å². The number of benzene rings is 5. The Bertz CT molecular complexity index is 1630. The lowest BCUT2D eigenvalue weighted by molar-refractivity contribution is 1.07. The highest BCUT2D eigenvalue weighted by atomic mass is 35.5. The van der Waals surface area contributed by atoms with Gasteiger partial charge in [-0.05, 0) is 44.3 Å². The molecule has 3 nitrogen and oxygen atoms in total. The van der Waals surface area contributed by atoms with Gasteiger partial charge in [0.2, 0.25) is 5.28 Å². The molecule has 0 atom stereocenters. The monoisotopic (exact) mass is 443 g/mol. The van der Waals surface area contributed by atoms with E-state index in [0.717, 1.165) is 33.0 Å². The Balaban J connectivity index is 1.57. The summed E-state index contributed by atoms with van der Waals surface area (Å²) in [7, 11) is 0. The molecule has 4 heteroatoms. The fraction of sp³-hybridized carbons (Fsp3) is 0. The predicted octanol–water partition coefficient (Wildman–Crippen LogP) is 7.83. The molecule has 1 heterocycles. The first-order chi connectivity index (χ1) is 16.3. The van der Waals surface area contributed by atoms with E-state index in [0.29, 0.717) is 11.6 Å². The second-order valence-electron chi connectivity index (χ2n) is 7.85. The van der Waals surface area contributed by atoms with Crippen LogP contribution in [0.15, 0.2) is 109 Å². The van der Waals surface area contributed by atoms with Crippen LogP contribution < -0.4 is 0 Å².